The van der Waals surface area contributed by atoms with Crippen molar-refractivity contribution in [1.29, 1.82) is 0 Å². The molecule has 3 amide bonds. The van der Waals surface area contributed by atoms with Crippen LogP contribution in [0, 0.1) is 35.3 Å². The molecular formula is C64H87F2N3O12S3. The second kappa shape index (κ2) is 28.6. The Hall–Kier alpha value is -5.12. The van der Waals surface area contributed by atoms with Crippen molar-refractivity contribution in [2.75, 3.05) is 77.9 Å². The number of carbonyl (C=O) groups is 3. The fourth-order valence-electron chi connectivity index (χ4n) is 14.1. The summed E-state index contributed by atoms with van der Waals surface area (Å²) in [6.45, 7) is 18.4. The molecule has 0 heterocycles. The standard InChI is InChI=1S/C22H31NO4S.2C21H28FNO4S/c1-5-23(6-2)22(24)20-14-15(3)13-19-17(11-12-27-28(4,25)26)16-9-7-8-10-18(16)21(19)20;1-4-23(5-2)21(24)17-10-6-8-15-14(12-13-27-28(3,25)26)16-9-7-11-18(22)20(16)19(15)17;1-4-23(5-2)21(24)18-8-6-7-17-16(11-12-27-28(3,25)26)15-10-9-14(22)13-19(15)20(17)18/h7-10,15,17,20H,5-6,11-14H2,1-4H3;7,9,11,14,17H,4-6,8,10,12-13H2,1-3H3;9-10,13,16,18H,4-8,11-12H2,1-3H3. The Morgan fingerprint density at radius 3 is 1.43 bits per heavy atom. The van der Waals surface area contributed by atoms with Crippen molar-refractivity contribution in [3.63, 3.8) is 0 Å². The highest BCUT2D eigenvalue weighted by Gasteiger charge is 2.45. The minimum atomic E-state index is -3.52. The van der Waals surface area contributed by atoms with Gasteiger partial charge in [-0.3, -0.25) is 26.9 Å². The number of rotatable bonds is 21. The molecule has 0 spiro atoms. The molecule has 6 aliphatic carbocycles. The summed E-state index contributed by atoms with van der Waals surface area (Å²) in [7, 11) is -10.5. The summed E-state index contributed by atoms with van der Waals surface area (Å²) in [4.78, 5) is 45.2. The number of hydrogen-bond acceptors (Lipinski definition) is 12. The van der Waals surface area contributed by atoms with Crippen LogP contribution in [-0.4, -0.2) is 136 Å². The predicted molar refractivity (Wildman–Crippen MR) is 325 cm³/mol. The van der Waals surface area contributed by atoms with Gasteiger partial charge in [-0.1, -0.05) is 66.1 Å². The second-order valence-corrected chi connectivity index (χ2v) is 27.9. The fraction of sp³-hybridized carbons (Fsp3) is 0.578. The van der Waals surface area contributed by atoms with Gasteiger partial charge in [0.1, 0.15) is 11.6 Å². The molecule has 15 nitrogen and oxygen atoms in total. The molecule has 0 saturated carbocycles. The van der Waals surface area contributed by atoms with Crippen LogP contribution < -0.4 is 0 Å². The van der Waals surface area contributed by atoms with Crippen molar-refractivity contribution in [3.8, 4) is 0 Å². The van der Waals surface area contributed by atoms with E-state index in [1.165, 1.54) is 40.5 Å². The van der Waals surface area contributed by atoms with Crippen molar-refractivity contribution >= 4 is 64.8 Å². The van der Waals surface area contributed by atoms with Crippen LogP contribution in [0.4, 0.5) is 8.78 Å². The van der Waals surface area contributed by atoms with E-state index in [0.717, 1.165) is 116 Å². The second-order valence-electron chi connectivity index (χ2n) is 23.0. The highest BCUT2D eigenvalue weighted by Crippen LogP contribution is 2.56. The fourth-order valence-corrected chi connectivity index (χ4v) is 15.3. The molecule has 9 rings (SSSR count). The topological polar surface area (TPSA) is 191 Å². The first-order valence-corrected chi connectivity index (χ1v) is 35.5. The molecule has 0 bridgehead atoms. The quantitative estimate of drug-likeness (QED) is 0.0919. The van der Waals surface area contributed by atoms with Gasteiger partial charge in [-0.05, 0) is 181 Å². The number of carbonyl (C=O) groups excluding carboxylic acids is 3. The molecule has 0 aromatic heterocycles. The highest BCUT2D eigenvalue weighted by atomic mass is 32.2. The van der Waals surface area contributed by atoms with E-state index in [2.05, 4.69) is 19.1 Å². The summed E-state index contributed by atoms with van der Waals surface area (Å²) in [6, 6.07) is 18.0. The lowest BCUT2D eigenvalue weighted by atomic mass is 9.75. The van der Waals surface area contributed by atoms with Crippen LogP contribution in [0.25, 0.3) is 16.7 Å². The Bertz CT molecular complexity index is 3310. The summed E-state index contributed by atoms with van der Waals surface area (Å²) in [5.41, 5.74) is 12.1. The van der Waals surface area contributed by atoms with Crippen molar-refractivity contribution in [2.24, 2.45) is 23.7 Å². The minimum Gasteiger partial charge on any atom is -0.343 e. The smallest absolute Gasteiger partial charge is 0.264 e. The maximum absolute atomic E-state index is 14.9. The lowest BCUT2D eigenvalue weighted by molar-refractivity contribution is -0.134. The summed E-state index contributed by atoms with van der Waals surface area (Å²) in [5, 5.41) is 0. The molecule has 6 aliphatic rings. The van der Waals surface area contributed by atoms with Gasteiger partial charge in [0.25, 0.3) is 30.4 Å². The molecule has 20 heteroatoms. The Morgan fingerprint density at radius 1 is 0.512 bits per heavy atom. The molecule has 7 unspecified atom stereocenters. The molecule has 462 valence electrons. The lowest BCUT2D eigenvalue weighted by Crippen LogP contribution is -2.38. The zero-order valence-electron chi connectivity index (χ0n) is 50.7. The van der Waals surface area contributed by atoms with Gasteiger partial charge in [0.2, 0.25) is 17.7 Å². The van der Waals surface area contributed by atoms with E-state index < -0.39 is 30.4 Å². The third kappa shape index (κ3) is 15.3. The molecule has 0 N–H and O–H groups in total. The van der Waals surface area contributed by atoms with Crippen LogP contribution in [0.3, 0.4) is 0 Å². The number of fused-ring (bicyclic) bond motifs is 6. The first-order chi connectivity index (χ1) is 39.8. The van der Waals surface area contributed by atoms with Gasteiger partial charge in [-0.2, -0.15) is 25.3 Å². The maximum Gasteiger partial charge on any atom is 0.264 e. The number of halogens is 2. The maximum atomic E-state index is 14.9. The van der Waals surface area contributed by atoms with Gasteiger partial charge < -0.3 is 14.7 Å². The average molecular weight is 1220 g/mol. The van der Waals surface area contributed by atoms with Gasteiger partial charge >= 0.3 is 0 Å². The van der Waals surface area contributed by atoms with E-state index in [-0.39, 0.29) is 84.7 Å². The SMILES string of the molecule is CCN(CC)C(=O)C1CC(C)CC2=C1c1ccccc1C2CCOS(C)(=O)=O.CCN(CC)C(=O)C1CCCC2=C1c1c(F)cccc1C2CCOS(C)(=O)=O.CCN(CC)C(=O)C1CCCC2=C1c1cc(F)ccc1C2CCOS(C)(=O)=O. The van der Waals surface area contributed by atoms with Gasteiger partial charge in [0.15, 0.2) is 0 Å². The predicted octanol–water partition coefficient (Wildman–Crippen LogP) is 11.2. The molecule has 0 saturated heterocycles. The van der Waals surface area contributed by atoms with Crippen molar-refractivity contribution in [1.82, 2.24) is 14.7 Å². The van der Waals surface area contributed by atoms with Gasteiger partial charge in [0.05, 0.1) is 56.3 Å². The zero-order chi connectivity index (χ0) is 61.4. The van der Waals surface area contributed by atoms with Crippen LogP contribution in [-0.2, 0) is 57.3 Å². The third-order valence-corrected chi connectivity index (χ3v) is 19.4. The van der Waals surface area contributed by atoms with E-state index in [0.29, 0.717) is 63.3 Å². The normalized spacial score (nSPS) is 22.3. The largest absolute Gasteiger partial charge is 0.343 e. The molecule has 84 heavy (non-hydrogen) atoms. The molecule has 3 aromatic carbocycles. The number of benzene rings is 3. The van der Waals surface area contributed by atoms with E-state index in [9.17, 15) is 48.4 Å². The number of amides is 3. The summed E-state index contributed by atoms with van der Waals surface area (Å²) in [5.74, 6) is -0.542. The van der Waals surface area contributed by atoms with Crippen LogP contribution in [0.1, 0.15) is 170 Å². The minimum absolute atomic E-state index is 0.0281. The lowest BCUT2D eigenvalue weighted by Gasteiger charge is -2.33. The Kier molecular flexibility index (Phi) is 22.6. The molecule has 7 atom stereocenters. The molecule has 0 fully saturated rings. The zero-order valence-corrected chi connectivity index (χ0v) is 53.1. The molecule has 3 aromatic rings. The summed E-state index contributed by atoms with van der Waals surface area (Å²) >= 11 is 0. The van der Waals surface area contributed by atoms with E-state index in [1.807, 2.05) is 69.5 Å². The Balaban J connectivity index is 0.000000181. The summed E-state index contributed by atoms with van der Waals surface area (Å²) < 4.78 is 112. The van der Waals surface area contributed by atoms with Crippen molar-refractivity contribution in [2.45, 2.75) is 137 Å². The first kappa shape index (κ1) is 66.4. The van der Waals surface area contributed by atoms with Crippen LogP contribution >= 0.6 is 0 Å². The van der Waals surface area contributed by atoms with Gasteiger partial charge in [-0.15, -0.1) is 0 Å². The Morgan fingerprint density at radius 2 is 0.929 bits per heavy atom. The van der Waals surface area contributed by atoms with Gasteiger partial charge in [-0.25, -0.2) is 8.78 Å². The first-order valence-electron chi connectivity index (χ1n) is 30.1. The highest BCUT2D eigenvalue weighted by molar-refractivity contribution is 7.86. The Labute approximate surface area is 498 Å². The number of hydrogen-bond donors (Lipinski definition) is 0. The summed E-state index contributed by atoms with van der Waals surface area (Å²) in [6.07, 6.45) is 11.4. The van der Waals surface area contributed by atoms with Crippen molar-refractivity contribution < 1.29 is 61.0 Å². The van der Waals surface area contributed by atoms with E-state index in [4.69, 9.17) is 12.5 Å². The van der Waals surface area contributed by atoms with Crippen LogP contribution in [0.2, 0.25) is 0 Å². The monoisotopic (exact) mass is 1220 g/mol. The van der Waals surface area contributed by atoms with Crippen LogP contribution in [0.5, 0.6) is 0 Å². The third-order valence-electron chi connectivity index (χ3n) is 17.7. The number of nitrogens with zero attached hydrogens (tertiary/aromatic N) is 3. The van der Waals surface area contributed by atoms with Crippen LogP contribution in [0.15, 0.2) is 77.4 Å². The van der Waals surface area contributed by atoms with Crippen molar-refractivity contribution in [3.05, 3.63) is 122 Å². The van der Waals surface area contributed by atoms with E-state index in [1.54, 1.807) is 17.0 Å². The molecule has 0 radical (unpaired) electrons. The average Bonchev–Trinajstić information content (AvgIpc) is 1.98. The van der Waals surface area contributed by atoms with E-state index >= 15 is 0 Å². The number of allylic oxidation sites excluding steroid dienone is 3. The molecular weight excluding hydrogens is 1140 g/mol. The molecule has 0 aliphatic heterocycles. The van der Waals surface area contributed by atoms with Gasteiger partial charge in [0, 0.05) is 62.6 Å².